The van der Waals surface area contributed by atoms with Crippen LogP contribution >= 0.6 is 0 Å². The maximum atomic E-state index is 10.7. The second kappa shape index (κ2) is 7.02. The number of aromatic nitrogens is 1. The molecule has 120 valence electrons. The van der Waals surface area contributed by atoms with Gasteiger partial charge >= 0.3 is 0 Å². The Morgan fingerprint density at radius 1 is 1.45 bits per heavy atom. The summed E-state index contributed by atoms with van der Waals surface area (Å²) in [6.45, 7) is 4.78. The molecule has 2 aliphatic rings. The molecular formula is C15H22N4O3. The summed E-state index contributed by atoms with van der Waals surface area (Å²) < 4.78 is 5.55. The van der Waals surface area contributed by atoms with Gasteiger partial charge in [-0.05, 0) is 38.4 Å². The zero-order valence-electron chi connectivity index (χ0n) is 12.6. The van der Waals surface area contributed by atoms with E-state index in [2.05, 4.69) is 15.2 Å². The number of anilines is 1. The van der Waals surface area contributed by atoms with Crippen molar-refractivity contribution >= 4 is 11.5 Å². The van der Waals surface area contributed by atoms with E-state index in [9.17, 15) is 10.1 Å². The van der Waals surface area contributed by atoms with Gasteiger partial charge in [0.05, 0.1) is 11.5 Å². The Kier molecular flexibility index (Phi) is 4.84. The first kappa shape index (κ1) is 15.2. The molecule has 0 aromatic carbocycles. The normalized spacial score (nSPS) is 23.5. The minimum Gasteiger partial charge on any atom is -0.381 e. The molecule has 2 saturated heterocycles. The van der Waals surface area contributed by atoms with Gasteiger partial charge in [-0.1, -0.05) is 0 Å². The molecule has 7 heteroatoms. The Hall–Kier alpha value is -1.73. The second-order valence-corrected chi connectivity index (χ2v) is 5.97. The smallest absolute Gasteiger partial charge is 0.287 e. The predicted octanol–water partition coefficient (Wildman–Crippen LogP) is 1.90. The Labute approximate surface area is 129 Å². The molecule has 2 aliphatic heterocycles. The van der Waals surface area contributed by atoms with E-state index >= 15 is 0 Å². The summed E-state index contributed by atoms with van der Waals surface area (Å²) in [5.74, 6) is 1.25. The third-order valence-corrected chi connectivity index (χ3v) is 4.57. The molecule has 1 N–H and O–H groups in total. The number of rotatable bonds is 6. The lowest BCUT2D eigenvalue weighted by Gasteiger charge is -2.32. The molecule has 0 aliphatic carbocycles. The molecule has 0 saturated carbocycles. The first-order valence-electron chi connectivity index (χ1n) is 7.90. The average Bonchev–Trinajstić information content (AvgIpc) is 3.22. The summed E-state index contributed by atoms with van der Waals surface area (Å²) in [6.07, 6.45) is 4.93. The van der Waals surface area contributed by atoms with Crippen LogP contribution in [0.4, 0.5) is 11.5 Å². The first-order chi connectivity index (χ1) is 10.7. The van der Waals surface area contributed by atoms with E-state index in [0.717, 1.165) is 39.3 Å². The predicted molar refractivity (Wildman–Crippen MR) is 82.9 cm³/mol. The molecule has 2 atom stereocenters. The Morgan fingerprint density at radius 3 is 2.86 bits per heavy atom. The fourth-order valence-corrected chi connectivity index (χ4v) is 3.33. The molecule has 3 rings (SSSR count). The fourth-order valence-electron chi connectivity index (χ4n) is 3.33. The van der Waals surface area contributed by atoms with Crippen LogP contribution in [0.5, 0.6) is 0 Å². The van der Waals surface area contributed by atoms with Crippen LogP contribution in [-0.2, 0) is 4.74 Å². The molecule has 7 nitrogen and oxygen atoms in total. The maximum absolute atomic E-state index is 10.7. The molecular weight excluding hydrogens is 284 g/mol. The highest BCUT2D eigenvalue weighted by molar-refractivity contribution is 5.40. The van der Waals surface area contributed by atoms with Crippen molar-refractivity contribution in [1.29, 1.82) is 0 Å². The Bertz CT molecular complexity index is 480. The van der Waals surface area contributed by atoms with Crippen molar-refractivity contribution in [2.24, 2.45) is 5.92 Å². The monoisotopic (exact) mass is 306 g/mol. The van der Waals surface area contributed by atoms with E-state index in [-0.39, 0.29) is 5.69 Å². The van der Waals surface area contributed by atoms with Gasteiger partial charge in [0.1, 0.15) is 12.0 Å². The molecule has 0 amide bonds. The van der Waals surface area contributed by atoms with E-state index in [1.165, 1.54) is 25.1 Å². The topological polar surface area (TPSA) is 80.5 Å². The van der Waals surface area contributed by atoms with Crippen molar-refractivity contribution in [3.8, 4) is 0 Å². The summed E-state index contributed by atoms with van der Waals surface area (Å²) in [6, 6.07) is 3.60. The number of pyridine rings is 1. The molecule has 1 aromatic heterocycles. The van der Waals surface area contributed by atoms with Crippen molar-refractivity contribution in [3.63, 3.8) is 0 Å². The molecule has 0 bridgehead atoms. The zero-order chi connectivity index (χ0) is 15.4. The van der Waals surface area contributed by atoms with Crippen LogP contribution < -0.4 is 5.32 Å². The van der Waals surface area contributed by atoms with Gasteiger partial charge in [0, 0.05) is 31.2 Å². The van der Waals surface area contributed by atoms with E-state index in [0.29, 0.717) is 17.8 Å². The van der Waals surface area contributed by atoms with Crippen molar-refractivity contribution in [1.82, 2.24) is 9.88 Å². The van der Waals surface area contributed by atoms with Crippen LogP contribution in [-0.4, -0.2) is 53.7 Å². The van der Waals surface area contributed by atoms with E-state index in [1.807, 2.05) is 0 Å². The summed E-state index contributed by atoms with van der Waals surface area (Å²) in [7, 11) is 0. The lowest BCUT2D eigenvalue weighted by molar-refractivity contribution is -0.385. The maximum Gasteiger partial charge on any atom is 0.287 e. The molecule has 2 fully saturated rings. The average molecular weight is 306 g/mol. The standard InChI is InChI=1S/C15H22N4O3/c20-19(21)13-3-4-15(16-9-13)17-10-14(12-5-8-22-11-12)18-6-1-2-7-18/h3-4,9,12,14H,1-2,5-8,10-11H2,(H,16,17)/t12-,14+/m0/s1. The van der Waals surface area contributed by atoms with Crippen LogP contribution in [0.15, 0.2) is 18.3 Å². The SMILES string of the molecule is O=[N+]([O-])c1ccc(NC[C@H]([C@H]2CCOC2)N2CCCC2)nc1. The lowest BCUT2D eigenvalue weighted by atomic mass is 9.97. The Morgan fingerprint density at radius 2 is 2.27 bits per heavy atom. The summed E-state index contributed by atoms with van der Waals surface area (Å²) >= 11 is 0. The quantitative estimate of drug-likeness (QED) is 0.638. The third-order valence-electron chi connectivity index (χ3n) is 4.57. The molecule has 22 heavy (non-hydrogen) atoms. The minimum atomic E-state index is -0.431. The van der Waals surface area contributed by atoms with Crippen molar-refractivity contribution in [2.75, 3.05) is 38.2 Å². The highest BCUT2D eigenvalue weighted by Crippen LogP contribution is 2.25. The molecule has 0 radical (unpaired) electrons. The van der Waals surface area contributed by atoms with Crippen LogP contribution in [0.25, 0.3) is 0 Å². The summed E-state index contributed by atoms with van der Waals surface area (Å²) in [5.41, 5.74) is 0.0193. The number of likely N-dealkylation sites (tertiary alicyclic amines) is 1. The van der Waals surface area contributed by atoms with Gasteiger partial charge in [0.25, 0.3) is 5.69 Å². The van der Waals surface area contributed by atoms with Crippen molar-refractivity contribution < 1.29 is 9.66 Å². The van der Waals surface area contributed by atoms with Gasteiger partial charge in [-0.3, -0.25) is 15.0 Å². The van der Waals surface area contributed by atoms with Crippen LogP contribution in [0.2, 0.25) is 0 Å². The van der Waals surface area contributed by atoms with Crippen LogP contribution in [0.3, 0.4) is 0 Å². The minimum absolute atomic E-state index is 0.0193. The zero-order valence-corrected chi connectivity index (χ0v) is 12.6. The van der Waals surface area contributed by atoms with Gasteiger partial charge in [-0.25, -0.2) is 4.98 Å². The Balaban J connectivity index is 1.61. The number of ether oxygens (including phenoxy) is 1. The lowest BCUT2D eigenvalue weighted by Crippen LogP contribution is -2.44. The largest absolute Gasteiger partial charge is 0.381 e. The van der Waals surface area contributed by atoms with Crippen molar-refractivity contribution in [2.45, 2.75) is 25.3 Å². The van der Waals surface area contributed by atoms with Gasteiger partial charge in [-0.15, -0.1) is 0 Å². The molecule has 1 aromatic rings. The third kappa shape index (κ3) is 3.53. The number of hydrogen-bond acceptors (Lipinski definition) is 6. The summed E-state index contributed by atoms with van der Waals surface area (Å²) in [4.78, 5) is 16.9. The molecule has 0 unspecified atom stereocenters. The van der Waals surface area contributed by atoms with Gasteiger partial charge < -0.3 is 10.1 Å². The van der Waals surface area contributed by atoms with Crippen molar-refractivity contribution in [3.05, 3.63) is 28.4 Å². The summed E-state index contributed by atoms with van der Waals surface area (Å²) in [5, 5.41) is 14.0. The number of hydrogen-bond donors (Lipinski definition) is 1. The molecule has 0 spiro atoms. The van der Waals surface area contributed by atoms with Gasteiger partial charge in [0.15, 0.2) is 0 Å². The van der Waals surface area contributed by atoms with E-state index in [4.69, 9.17) is 4.74 Å². The fraction of sp³-hybridized carbons (Fsp3) is 0.667. The highest BCUT2D eigenvalue weighted by atomic mass is 16.6. The number of nitrogens with zero attached hydrogens (tertiary/aromatic N) is 3. The number of nitrogens with one attached hydrogen (secondary N) is 1. The molecule has 3 heterocycles. The van der Waals surface area contributed by atoms with E-state index in [1.54, 1.807) is 6.07 Å². The van der Waals surface area contributed by atoms with Gasteiger partial charge in [0.2, 0.25) is 0 Å². The van der Waals surface area contributed by atoms with E-state index < -0.39 is 4.92 Å². The van der Waals surface area contributed by atoms with Crippen LogP contribution in [0.1, 0.15) is 19.3 Å². The number of nitro groups is 1. The second-order valence-electron chi connectivity index (χ2n) is 5.97. The van der Waals surface area contributed by atoms with Gasteiger partial charge in [-0.2, -0.15) is 0 Å². The highest BCUT2D eigenvalue weighted by Gasteiger charge is 2.31. The van der Waals surface area contributed by atoms with Crippen LogP contribution in [0, 0.1) is 16.0 Å². The first-order valence-corrected chi connectivity index (χ1v) is 7.90.